The van der Waals surface area contributed by atoms with E-state index in [0.717, 1.165) is 47.5 Å². The van der Waals surface area contributed by atoms with Crippen molar-refractivity contribution in [2.75, 3.05) is 38.1 Å². The van der Waals surface area contributed by atoms with Crippen molar-refractivity contribution in [2.24, 2.45) is 4.99 Å². The Morgan fingerprint density at radius 3 is 2.50 bits per heavy atom. The molecule has 182 valence electrons. The molecule has 0 saturated carbocycles. The summed E-state index contributed by atoms with van der Waals surface area (Å²) in [4.78, 5) is 24.0. The number of aliphatic imine (C=N–C) groups is 1. The van der Waals surface area contributed by atoms with E-state index in [1.807, 2.05) is 37.3 Å². The molecule has 10 nitrogen and oxygen atoms in total. The minimum absolute atomic E-state index is 0.617. The highest BCUT2D eigenvalue weighted by atomic mass is 32.1. The molecule has 4 N–H and O–H groups in total. The number of aliphatic hydroxyl groups excluding tert-OH is 3. The number of thiophene rings is 1. The Labute approximate surface area is 200 Å². The molecule has 4 heterocycles. The topological polar surface area (TPSA) is 129 Å². The quantitative estimate of drug-likeness (QED) is 0.483. The lowest BCUT2D eigenvalue weighted by Crippen LogP contribution is -2.63. The fourth-order valence-electron chi connectivity index (χ4n) is 4.68. The smallest absolute Gasteiger partial charge is 0.335 e. The van der Waals surface area contributed by atoms with E-state index in [2.05, 4.69) is 16.8 Å². The highest BCUT2D eigenvalue weighted by Gasteiger charge is 2.50. The summed E-state index contributed by atoms with van der Waals surface area (Å²) in [6.45, 7) is 5.39. The number of rotatable bonds is 2. The third-order valence-corrected chi connectivity index (χ3v) is 7.60. The van der Waals surface area contributed by atoms with Crippen LogP contribution >= 0.6 is 11.3 Å². The maximum Gasteiger partial charge on any atom is 0.335 e. The molecular weight excluding hydrogens is 460 g/mol. The van der Waals surface area contributed by atoms with E-state index < -0.39 is 36.6 Å². The average Bonchev–Trinajstić information content (AvgIpc) is 3.13. The van der Waals surface area contributed by atoms with Crippen LogP contribution in [0.15, 0.2) is 35.3 Å². The summed E-state index contributed by atoms with van der Waals surface area (Å²) in [5, 5.41) is 42.0. The Bertz CT molecular complexity index is 1110. The number of hydrogen-bond acceptors (Lipinski definition) is 10. The predicted molar refractivity (Wildman–Crippen MR) is 127 cm³/mol. The number of likely N-dealkylation sites (N-methyl/N-ethyl adjacent to an activating group) is 1. The Morgan fingerprint density at radius 2 is 1.79 bits per heavy atom. The Hall–Kier alpha value is -2.54. The van der Waals surface area contributed by atoms with Gasteiger partial charge in [0, 0.05) is 31.1 Å². The van der Waals surface area contributed by atoms with Gasteiger partial charge in [0.05, 0.1) is 16.9 Å². The standard InChI is InChI=1S/C23H28N4O6S/c1-12-11-13-20(26-9-7-25(2)8-10-26)24-14-5-3-4-6-15(14)27(22(13)34-12)21-18(30)16(28)17(29)19(33-21)23(31)32/h3-6,11,16-19,21,28-30H,7-10H2,1-2H3,(H,31,32). The fraction of sp³-hybridized carbons (Fsp3) is 0.478. The number of piperazine rings is 1. The summed E-state index contributed by atoms with van der Waals surface area (Å²) in [5.74, 6) is -0.605. The lowest BCUT2D eigenvalue weighted by molar-refractivity contribution is -0.225. The number of nitrogens with zero attached hydrogens (tertiary/aromatic N) is 4. The van der Waals surface area contributed by atoms with Gasteiger partial charge in [-0.2, -0.15) is 0 Å². The molecule has 2 fully saturated rings. The second-order valence-electron chi connectivity index (χ2n) is 8.92. The number of carboxylic acids is 1. The molecule has 34 heavy (non-hydrogen) atoms. The molecule has 0 radical (unpaired) electrons. The van der Waals surface area contributed by atoms with Gasteiger partial charge in [-0.3, -0.25) is 0 Å². The lowest BCUT2D eigenvalue weighted by Gasteiger charge is -2.44. The zero-order valence-corrected chi connectivity index (χ0v) is 19.7. The summed E-state index contributed by atoms with van der Waals surface area (Å²) in [6, 6.07) is 9.41. The molecule has 2 saturated heterocycles. The van der Waals surface area contributed by atoms with Crippen molar-refractivity contribution in [3.8, 4) is 0 Å². The average molecular weight is 489 g/mol. The van der Waals surface area contributed by atoms with E-state index in [1.165, 1.54) is 11.3 Å². The molecule has 5 rings (SSSR count). The molecule has 2 aromatic rings. The summed E-state index contributed by atoms with van der Waals surface area (Å²) in [5.41, 5.74) is 2.11. The van der Waals surface area contributed by atoms with Crippen LogP contribution in [-0.4, -0.2) is 106 Å². The van der Waals surface area contributed by atoms with E-state index >= 15 is 0 Å². The molecule has 3 aliphatic rings. The Morgan fingerprint density at radius 1 is 1.09 bits per heavy atom. The highest BCUT2D eigenvalue weighted by Crippen LogP contribution is 2.47. The third-order valence-electron chi connectivity index (χ3n) is 6.55. The number of aliphatic hydroxyl groups is 3. The lowest BCUT2D eigenvalue weighted by atomic mass is 9.97. The number of anilines is 2. The van der Waals surface area contributed by atoms with Crippen LogP contribution in [0.25, 0.3) is 0 Å². The van der Waals surface area contributed by atoms with Crippen molar-refractivity contribution in [1.29, 1.82) is 0 Å². The number of carboxylic acid groups (broad SMARTS) is 1. The van der Waals surface area contributed by atoms with Crippen molar-refractivity contribution in [3.63, 3.8) is 0 Å². The van der Waals surface area contributed by atoms with E-state index in [-0.39, 0.29) is 0 Å². The maximum atomic E-state index is 11.8. The van der Waals surface area contributed by atoms with Gasteiger partial charge in [-0.1, -0.05) is 12.1 Å². The second-order valence-corrected chi connectivity index (χ2v) is 10.2. The number of hydrogen-bond donors (Lipinski definition) is 4. The molecule has 3 aliphatic heterocycles. The molecule has 11 heteroatoms. The number of aliphatic carboxylic acids is 1. The molecule has 0 bridgehead atoms. The van der Waals surface area contributed by atoms with Crippen LogP contribution in [0.5, 0.6) is 0 Å². The van der Waals surface area contributed by atoms with Gasteiger partial charge in [-0.05, 0) is 32.2 Å². The van der Waals surface area contributed by atoms with Gasteiger partial charge in [0.1, 0.15) is 29.1 Å². The van der Waals surface area contributed by atoms with Crippen LogP contribution < -0.4 is 4.90 Å². The molecule has 5 unspecified atom stereocenters. The van der Waals surface area contributed by atoms with Gasteiger partial charge < -0.3 is 39.9 Å². The van der Waals surface area contributed by atoms with Crippen molar-refractivity contribution >= 4 is 39.5 Å². The van der Waals surface area contributed by atoms with Crippen molar-refractivity contribution in [2.45, 2.75) is 37.6 Å². The van der Waals surface area contributed by atoms with Gasteiger partial charge in [0.15, 0.2) is 12.3 Å². The van der Waals surface area contributed by atoms with Crippen LogP contribution in [-0.2, 0) is 9.53 Å². The zero-order chi connectivity index (χ0) is 24.1. The first-order valence-corrected chi connectivity index (χ1v) is 12.0. The van der Waals surface area contributed by atoms with Crippen LogP contribution in [0.3, 0.4) is 0 Å². The fourth-order valence-corrected chi connectivity index (χ4v) is 5.72. The molecule has 5 atom stereocenters. The normalized spacial score (nSPS) is 29.8. The number of fused-ring (bicyclic) bond motifs is 2. The highest BCUT2D eigenvalue weighted by molar-refractivity contribution is 7.16. The second kappa shape index (κ2) is 8.91. The van der Waals surface area contributed by atoms with Crippen molar-refractivity contribution in [1.82, 2.24) is 9.80 Å². The number of aryl methyl sites for hydroxylation is 1. The van der Waals surface area contributed by atoms with E-state index in [1.54, 1.807) is 4.90 Å². The monoisotopic (exact) mass is 488 g/mol. The van der Waals surface area contributed by atoms with Crippen LogP contribution in [0.1, 0.15) is 10.4 Å². The minimum atomic E-state index is -1.76. The molecule has 1 aromatic heterocycles. The first-order valence-electron chi connectivity index (χ1n) is 11.2. The van der Waals surface area contributed by atoms with Crippen molar-refractivity contribution in [3.05, 3.63) is 40.8 Å². The summed E-state index contributed by atoms with van der Waals surface area (Å²) in [7, 11) is 2.09. The molecule has 0 amide bonds. The van der Waals surface area contributed by atoms with Gasteiger partial charge in [-0.15, -0.1) is 11.3 Å². The van der Waals surface area contributed by atoms with Crippen molar-refractivity contribution < 1.29 is 30.0 Å². The maximum absolute atomic E-state index is 11.8. The largest absolute Gasteiger partial charge is 0.479 e. The van der Waals surface area contributed by atoms with Crippen LogP contribution in [0, 0.1) is 6.92 Å². The van der Waals surface area contributed by atoms with Gasteiger partial charge in [-0.25, -0.2) is 9.79 Å². The molecular formula is C23H28N4O6S. The van der Waals surface area contributed by atoms with Crippen LogP contribution in [0.4, 0.5) is 16.4 Å². The summed E-state index contributed by atoms with van der Waals surface area (Å²) < 4.78 is 5.76. The van der Waals surface area contributed by atoms with Gasteiger partial charge >= 0.3 is 5.97 Å². The summed E-state index contributed by atoms with van der Waals surface area (Å²) >= 11 is 1.48. The number of para-hydroxylation sites is 2. The zero-order valence-electron chi connectivity index (χ0n) is 18.9. The van der Waals surface area contributed by atoms with E-state index in [4.69, 9.17) is 9.73 Å². The predicted octanol–water partition coefficient (Wildman–Crippen LogP) is 0.726. The number of benzene rings is 1. The molecule has 0 aliphatic carbocycles. The van der Waals surface area contributed by atoms with E-state index in [0.29, 0.717) is 11.4 Å². The van der Waals surface area contributed by atoms with E-state index in [9.17, 15) is 25.2 Å². The molecule has 1 aromatic carbocycles. The number of amidine groups is 1. The Kier molecular flexibility index (Phi) is 6.09. The third kappa shape index (κ3) is 3.88. The first kappa shape index (κ1) is 23.2. The minimum Gasteiger partial charge on any atom is -0.479 e. The SMILES string of the molecule is Cc1cc2c(s1)N(C1OC(C(=O)O)C(O)C(O)C1O)c1ccccc1N=C2N1CCN(C)CC1. The number of ether oxygens (including phenoxy) is 1. The van der Waals surface area contributed by atoms with Gasteiger partial charge in [0.2, 0.25) is 0 Å². The summed E-state index contributed by atoms with van der Waals surface area (Å²) in [6.07, 6.45) is -7.95. The number of carbonyl (C=O) groups is 1. The molecule has 0 spiro atoms. The Balaban J connectivity index is 1.65. The van der Waals surface area contributed by atoms with Gasteiger partial charge in [0.25, 0.3) is 0 Å². The first-order chi connectivity index (χ1) is 16.3. The van der Waals surface area contributed by atoms with Crippen LogP contribution in [0.2, 0.25) is 0 Å².